The number of nitrogens with zero attached hydrogens (tertiary/aromatic N) is 2. The average Bonchev–Trinajstić information content (AvgIpc) is 2.47. The molecule has 92 valence electrons. The minimum atomic E-state index is 0.874. The van der Waals surface area contributed by atoms with Gasteiger partial charge in [0.1, 0.15) is 0 Å². The molecule has 0 saturated heterocycles. The third-order valence-corrected chi connectivity index (χ3v) is 3.07. The zero-order chi connectivity index (χ0) is 13.1. The van der Waals surface area contributed by atoms with Gasteiger partial charge in [-0.15, -0.1) is 5.11 Å². The van der Waals surface area contributed by atoms with E-state index in [0.29, 0.717) is 0 Å². The molecule has 2 nitrogen and oxygen atoms in total. The smallest absolute Gasteiger partial charge is 0.0935 e. The van der Waals surface area contributed by atoms with E-state index in [1.54, 1.807) is 0 Å². The monoisotopic (exact) mass is 246 g/mol. The zero-order valence-corrected chi connectivity index (χ0v) is 10.7. The van der Waals surface area contributed by atoms with Crippen molar-refractivity contribution in [1.29, 1.82) is 0 Å². The lowest BCUT2D eigenvalue weighted by molar-refractivity contribution is 1.24. The van der Waals surface area contributed by atoms with Crippen LogP contribution in [0.2, 0.25) is 0 Å². The van der Waals surface area contributed by atoms with E-state index >= 15 is 0 Å². The fourth-order valence-electron chi connectivity index (χ4n) is 2.02. The Morgan fingerprint density at radius 2 is 1.42 bits per heavy atom. The standard InChI is InChI=1S/C17H14N2/c1-13-9-11-15(12-10-13)18-19-17-8-4-6-14-5-2-3-7-16(14)17/h2-12H,1H3. The largest absolute Gasteiger partial charge is 0.151 e. The molecule has 0 heterocycles. The van der Waals surface area contributed by atoms with Crippen LogP contribution in [0.4, 0.5) is 11.4 Å². The maximum Gasteiger partial charge on any atom is 0.0935 e. The van der Waals surface area contributed by atoms with Gasteiger partial charge < -0.3 is 0 Å². The maximum absolute atomic E-state index is 4.36. The molecule has 0 saturated carbocycles. The van der Waals surface area contributed by atoms with E-state index < -0.39 is 0 Å². The number of hydrogen-bond acceptors (Lipinski definition) is 2. The van der Waals surface area contributed by atoms with Crippen molar-refractivity contribution in [3.8, 4) is 0 Å². The first-order valence-electron chi connectivity index (χ1n) is 6.29. The van der Waals surface area contributed by atoms with Crippen LogP contribution < -0.4 is 0 Å². The van der Waals surface area contributed by atoms with E-state index in [1.165, 1.54) is 10.9 Å². The molecule has 0 atom stereocenters. The summed E-state index contributed by atoms with van der Waals surface area (Å²) in [5.74, 6) is 0. The Bertz CT molecular complexity index is 722. The van der Waals surface area contributed by atoms with Gasteiger partial charge in [-0.2, -0.15) is 5.11 Å². The minimum absolute atomic E-state index is 0.874. The molecule has 3 aromatic rings. The Labute approximate surface area is 112 Å². The molecule has 0 aliphatic rings. The first kappa shape index (κ1) is 11.6. The molecular formula is C17H14N2. The molecule has 0 amide bonds. The van der Waals surface area contributed by atoms with Crippen LogP contribution in [0, 0.1) is 6.92 Å². The van der Waals surface area contributed by atoms with E-state index in [9.17, 15) is 0 Å². The molecular weight excluding hydrogens is 232 g/mol. The van der Waals surface area contributed by atoms with Crippen molar-refractivity contribution in [3.63, 3.8) is 0 Å². The van der Waals surface area contributed by atoms with Crippen molar-refractivity contribution >= 4 is 22.1 Å². The summed E-state index contributed by atoms with van der Waals surface area (Å²) in [6.45, 7) is 2.06. The zero-order valence-electron chi connectivity index (χ0n) is 10.7. The molecule has 0 bridgehead atoms. The quantitative estimate of drug-likeness (QED) is 0.528. The van der Waals surface area contributed by atoms with Crippen LogP contribution in [-0.2, 0) is 0 Å². The van der Waals surface area contributed by atoms with Crippen molar-refractivity contribution in [1.82, 2.24) is 0 Å². The summed E-state index contributed by atoms with van der Waals surface area (Å²) in [7, 11) is 0. The molecule has 0 radical (unpaired) electrons. The molecule has 0 fully saturated rings. The van der Waals surface area contributed by atoms with E-state index in [4.69, 9.17) is 0 Å². The lowest BCUT2D eigenvalue weighted by atomic mass is 10.1. The van der Waals surface area contributed by atoms with E-state index in [-0.39, 0.29) is 0 Å². The van der Waals surface area contributed by atoms with Gasteiger partial charge in [0.25, 0.3) is 0 Å². The van der Waals surface area contributed by atoms with Gasteiger partial charge in [-0.3, -0.25) is 0 Å². The van der Waals surface area contributed by atoms with Gasteiger partial charge in [-0.05, 0) is 30.5 Å². The van der Waals surface area contributed by atoms with Gasteiger partial charge in [0, 0.05) is 5.39 Å². The first-order valence-corrected chi connectivity index (χ1v) is 6.29. The molecule has 0 unspecified atom stereocenters. The molecule has 3 aromatic carbocycles. The van der Waals surface area contributed by atoms with Crippen molar-refractivity contribution in [2.75, 3.05) is 0 Å². The Kier molecular flexibility index (Phi) is 3.07. The van der Waals surface area contributed by atoms with Gasteiger partial charge in [-0.25, -0.2) is 0 Å². The molecule has 0 aliphatic carbocycles. The molecule has 3 rings (SSSR count). The average molecular weight is 246 g/mol. The van der Waals surface area contributed by atoms with Crippen LogP contribution >= 0.6 is 0 Å². The first-order chi connectivity index (χ1) is 9.33. The lowest BCUT2D eigenvalue weighted by Crippen LogP contribution is -1.72. The minimum Gasteiger partial charge on any atom is -0.151 e. The summed E-state index contributed by atoms with van der Waals surface area (Å²) in [4.78, 5) is 0. The summed E-state index contributed by atoms with van der Waals surface area (Å²) in [5, 5.41) is 11.0. The van der Waals surface area contributed by atoms with E-state index in [0.717, 1.165) is 16.8 Å². The Morgan fingerprint density at radius 3 is 2.26 bits per heavy atom. The highest BCUT2D eigenvalue weighted by Gasteiger charge is 1.98. The second-order valence-electron chi connectivity index (χ2n) is 4.53. The molecule has 0 aliphatic heterocycles. The summed E-state index contributed by atoms with van der Waals surface area (Å²) < 4.78 is 0. The number of rotatable bonds is 2. The predicted octanol–water partition coefficient (Wildman–Crippen LogP) is 5.56. The van der Waals surface area contributed by atoms with Crippen LogP contribution in [0.1, 0.15) is 5.56 Å². The maximum atomic E-state index is 4.36. The van der Waals surface area contributed by atoms with Crippen LogP contribution in [0.5, 0.6) is 0 Å². The Balaban J connectivity index is 1.99. The fraction of sp³-hybridized carbons (Fsp3) is 0.0588. The van der Waals surface area contributed by atoms with Crippen molar-refractivity contribution in [2.45, 2.75) is 6.92 Å². The highest BCUT2D eigenvalue weighted by molar-refractivity contribution is 5.92. The Morgan fingerprint density at radius 1 is 0.684 bits per heavy atom. The van der Waals surface area contributed by atoms with Crippen LogP contribution in [-0.4, -0.2) is 0 Å². The number of benzene rings is 3. The third-order valence-electron chi connectivity index (χ3n) is 3.07. The molecule has 2 heteroatoms. The lowest BCUT2D eigenvalue weighted by Gasteiger charge is -2.00. The van der Waals surface area contributed by atoms with Gasteiger partial charge in [0.2, 0.25) is 0 Å². The third kappa shape index (κ3) is 2.52. The van der Waals surface area contributed by atoms with Crippen molar-refractivity contribution in [3.05, 3.63) is 72.3 Å². The predicted molar refractivity (Wildman–Crippen MR) is 79.3 cm³/mol. The summed E-state index contributed by atoms with van der Waals surface area (Å²) in [6, 6.07) is 22.3. The molecule has 0 N–H and O–H groups in total. The fourth-order valence-corrected chi connectivity index (χ4v) is 2.02. The number of fused-ring (bicyclic) bond motifs is 1. The summed E-state index contributed by atoms with van der Waals surface area (Å²) in [6.07, 6.45) is 0. The second-order valence-corrected chi connectivity index (χ2v) is 4.53. The van der Waals surface area contributed by atoms with E-state index in [1.807, 2.05) is 48.5 Å². The number of aryl methyl sites for hydroxylation is 1. The van der Waals surface area contributed by atoms with Gasteiger partial charge >= 0.3 is 0 Å². The second kappa shape index (κ2) is 5.02. The van der Waals surface area contributed by atoms with E-state index in [2.05, 4.69) is 35.4 Å². The van der Waals surface area contributed by atoms with Crippen molar-refractivity contribution < 1.29 is 0 Å². The van der Waals surface area contributed by atoms with Crippen LogP contribution in [0.3, 0.4) is 0 Å². The topological polar surface area (TPSA) is 24.7 Å². The molecule has 0 aromatic heterocycles. The highest BCUT2D eigenvalue weighted by Crippen LogP contribution is 2.27. The molecule has 19 heavy (non-hydrogen) atoms. The number of hydrogen-bond donors (Lipinski definition) is 0. The normalized spacial score (nSPS) is 11.2. The van der Waals surface area contributed by atoms with Crippen LogP contribution in [0.25, 0.3) is 10.8 Å². The van der Waals surface area contributed by atoms with Gasteiger partial charge in [0.05, 0.1) is 11.4 Å². The Hall–Kier alpha value is -2.48. The van der Waals surface area contributed by atoms with Crippen molar-refractivity contribution in [2.24, 2.45) is 10.2 Å². The SMILES string of the molecule is Cc1ccc(N=Nc2cccc3ccccc23)cc1. The van der Waals surface area contributed by atoms with Gasteiger partial charge in [0.15, 0.2) is 0 Å². The summed E-state index contributed by atoms with van der Waals surface area (Å²) >= 11 is 0. The highest BCUT2D eigenvalue weighted by atomic mass is 15.1. The van der Waals surface area contributed by atoms with Gasteiger partial charge in [-0.1, -0.05) is 54.1 Å². The summed E-state index contributed by atoms with van der Waals surface area (Å²) in [5.41, 5.74) is 3.00. The molecule has 0 spiro atoms. The van der Waals surface area contributed by atoms with Crippen LogP contribution in [0.15, 0.2) is 77.0 Å². The number of azo groups is 1.